The number of likely N-dealkylation sites (tertiary alicyclic amines) is 2. The van der Waals surface area contributed by atoms with Crippen molar-refractivity contribution in [3.05, 3.63) is 96.6 Å². The number of hydrogen-bond acceptors (Lipinski definition) is 5. The summed E-state index contributed by atoms with van der Waals surface area (Å²) in [6, 6.07) is 15.2. The van der Waals surface area contributed by atoms with E-state index in [2.05, 4.69) is 54.2 Å². The van der Waals surface area contributed by atoms with Gasteiger partial charge in [0.2, 0.25) is 5.91 Å². The molecule has 2 aromatic carbocycles. The molecule has 1 atom stereocenters. The molecule has 0 bridgehead atoms. The molecule has 2 amide bonds. The maximum atomic E-state index is 13.3. The van der Waals surface area contributed by atoms with Crippen LogP contribution >= 0.6 is 43.5 Å². The van der Waals surface area contributed by atoms with Crippen LogP contribution in [0.4, 0.5) is 0 Å². The second kappa shape index (κ2) is 14.4. The number of benzene rings is 2. The van der Waals surface area contributed by atoms with Gasteiger partial charge in [0, 0.05) is 50.7 Å². The van der Waals surface area contributed by atoms with Gasteiger partial charge in [0.15, 0.2) is 0 Å². The van der Waals surface area contributed by atoms with Crippen LogP contribution in [0.3, 0.4) is 0 Å². The molecule has 7 nitrogen and oxygen atoms in total. The minimum absolute atomic E-state index is 0.0327. The van der Waals surface area contributed by atoms with Crippen molar-refractivity contribution >= 4 is 61.1 Å². The van der Waals surface area contributed by atoms with Gasteiger partial charge in [-0.2, -0.15) is 0 Å². The van der Waals surface area contributed by atoms with Crippen molar-refractivity contribution in [3.8, 4) is 0 Å². The molecule has 2 aliphatic heterocycles. The van der Waals surface area contributed by atoms with E-state index >= 15 is 0 Å². The van der Waals surface area contributed by atoms with Crippen LogP contribution in [0.25, 0.3) is 0 Å². The molecule has 1 aromatic heterocycles. The smallest absolute Gasteiger partial charge is 0.251 e. The van der Waals surface area contributed by atoms with E-state index in [4.69, 9.17) is 16.6 Å². The van der Waals surface area contributed by atoms with E-state index < -0.39 is 0 Å². The first kappa shape index (κ1) is 32.4. The number of carbonyl (C=O) groups excluding carboxylic acids is 3. The normalized spacial score (nSPS) is 19.4. The number of Topliss-reactive ketones (excluding diaryl/α,β-unsaturated/α-hetero) is 1. The van der Waals surface area contributed by atoms with Gasteiger partial charge in [-0.25, -0.2) is 0 Å². The molecule has 3 aliphatic rings. The minimum Gasteiger partial charge on any atom is -0.343 e. The molecule has 2 fully saturated rings. The Morgan fingerprint density at radius 1 is 0.911 bits per heavy atom. The molecule has 0 saturated carbocycles. The Morgan fingerprint density at radius 2 is 1.62 bits per heavy atom. The van der Waals surface area contributed by atoms with E-state index in [-0.39, 0.29) is 36.0 Å². The van der Waals surface area contributed by atoms with Crippen LogP contribution in [0.15, 0.2) is 63.7 Å². The van der Waals surface area contributed by atoms with E-state index in [1.165, 1.54) is 16.7 Å². The molecule has 236 valence electrons. The Labute approximate surface area is 286 Å². The van der Waals surface area contributed by atoms with Gasteiger partial charge in [0.25, 0.3) is 5.91 Å². The van der Waals surface area contributed by atoms with Crippen molar-refractivity contribution < 1.29 is 14.4 Å². The zero-order chi connectivity index (χ0) is 31.5. The summed E-state index contributed by atoms with van der Waals surface area (Å²) in [7, 11) is 0. The molecule has 45 heavy (non-hydrogen) atoms. The summed E-state index contributed by atoms with van der Waals surface area (Å²) >= 11 is 13.9. The molecule has 3 aromatic rings. The fourth-order valence-electron chi connectivity index (χ4n) is 7.23. The first-order valence-electron chi connectivity index (χ1n) is 15.7. The number of rotatable bonds is 7. The third-order valence-corrected chi connectivity index (χ3v) is 10.9. The highest BCUT2D eigenvalue weighted by molar-refractivity contribution is 9.10. The Kier molecular flexibility index (Phi) is 10.4. The molecule has 1 N–H and O–H groups in total. The Hall–Kier alpha value is -2.59. The number of piperidine rings is 2. The number of aryl methyl sites for hydroxylation is 2. The van der Waals surface area contributed by atoms with Crippen molar-refractivity contribution in [1.82, 2.24) is 20.1 Å². The number of hydrogen-bond donors (Lipinski definition) is 1. The fourth-order valence-corrected chi connectivity index (χ4v) is 8.73. The molecule has 6 rings (SSSR count). The van der Waals surface area contributed by atoms with Crippen molar-refractivity contribution in [1.29, 1.82) is 0 Å². The lowest BCUT2D eigenvalue weighted by molar-refractivity contribution is -0.134. The summed E-state index contributed by atoms with van der Waals surface area (Å²) in [4.78, 5) is 47.4. The number of halogens is 3. The van der Waals surface area contributed by atoms with Crippen molar-refractivity contribution in [3.63, 3.8) is 0 Å². The lowest BCUT2D eigenvalue weighted by Gasteiger charge is -2.38. The molecule has 0 spiro atoms. The fraction of sp³-hybridized carbons (Fsp3) is 0.429. The number of ketones is 1. The zero-order valence-corrected chi connectivity index (χ0v) is 29.0. The summed E-state index contributed by atoms with van der Waals surface area (Å²) in [5, 5.41) is 3.46. The second-order valence-corrected chi connectivity index (χ2v) is 14.6. The molecule has 1 aliphatic carbocycles. The highest BCUT2D eigenvalue weighted by Crippen LogP contribution is 2.46. The monoisotopic (exact) mass is 754 g/mol. The topological polar surface area (TPSA) is 82.6 Å². The molecule has 3 heterocycles. The minimum atomic E-state index is -0.258. The molecular formula is C35H37Br2ClN4O3. The van der Waals surface area contributed by atoms with Gasteiger partial charge >= 0.3 is 0 Å². The van der Waals surface area contributed by atoms with Gasteiger partial charge in [-0.15, -0.1) is 0 Å². The van der Waals surface area contributed by atoms with Gasteiger partial charge in [0.1, 0.15) is 5.78 Å². The standard InChI is InChI=1S/C35H37Br2ClN4O3/c36-27-16-26-7-6-25-17-28(38)18-29(37)32(25)33(34(26)39-19-27)23-8-12-41(13-9-23)21-30(43)22-10-14-42(15-11-22)31(44)20-40-35(45)24-4-2-1-3-5-24/h1-5,16-19,22-23,33H,6-15,20-21H2,(H,40,45)/t33-/m1/s1. The molecule has 10 heteroatoms. The van der Waals surface area contributed by atoms with E-state index in [1.807, 2.05) is 18.3 Å². The summed E-state index contributed by atoms with van der Waals surface area (Å²) in [5.41, 5.74) is 5.58. The van der Waals surface area contributed by atoms with Gasteiger partial charge in [-0.1, -0.05) is 45.7 Å². The Bertz CT molecular complexity index is 1570. The highest BCUT2D eigenvalue weighted by Gasteiger charge is 2.36. The lowest BCUT2D eigenvalue weighted by Crippen LogP contribution is -2.46. The quantitative estimate of drug-likeness (QED) is 0.300. The summed E-state index contributed by atoms with van der Waals surface area (Å²) in [6.07, 6.45) is 7.08. The van der Waals surface area contributed by atoms with E-state index in [1.54, 1.807) is 29.2 Å². The summed E-state index contributed by atoms with van der Waals surface area (Å²) < 4.78 is 2.05. The lowest BCUT2D eigenvalue weighted by atomic mass is 9.76. The van der Waals surface area contributed by atoms with Crippen LogP contribution in [-0.4, -0.2) is 71.6 Å². The second-order valence-electron chi connectivity index (χ2n) is 12.4. The molecule has 0 unspecified atom stereocenters. The maximum absolute atomic E-state index is 13.3. The Morgan fingerprint density at radius 3 is 2.36 bits per heavy atom. The van der Waals surface area contributed by atoms with Gasteiger partial charge in [0.05, 0.1) is 18.8 Å². The van der Waals surface area contributed by atoms with E-state index in [0.717, 1.165) is 58.4 Å². The SMILES string of the molecule is O=C(NCC(=O)N1CCC(C(=O)CN2CCC([C@H]3c4ncc(Br)cc4CCc4cc(Cl)cc(Br)c43)CC2)CC1)c1ccccc1. The van der Waals surface area contributed by atoms with Crippen LogP contribution in [-0.2, 0) is 22.4 Å². The van der Waals surface area contributed by atoms with Crippen LogP contribution in [0, 0.1) is 11.8 Å². The van der Waals surface area contributed by atoms with E-state index in [0.29, 0.717) is 44.0 Å². The number of nitrogens with zero attached hydrogens (tertiary/aromatic N) is 3. The third-order valence-electron chi connectivity index (χ3n) is 9.64. The molecule has 0 radical (unpaired) electrons. The summed E-state index contributed by atoms with van der Waals surface area (Å²) in [5.74, 6) is 0.460. The zero-order valence-electron chi connectivity index (χ0n) is 25.1. The van der Waals surface area contributed by atoms with Gasteiger partial charge < -0.3 is 10.2 Å². The third kappa shape index (κ3) is 7.53. The summed E-state index contributed by atoms with van der Waals surface area (Å²) in [6.45, 7) is 3.26. The molecular weight excluding hydrogens is 720 g/mol. The van der Waals surface area contributed by atoms with Crippen molar-refractivity contribution in [2.75, 3.05) is 39.3 Å². The maximum Gasteiger partial charge on any atom is 0.251 e. The largest absolute Gasteiger partial charge is 0.343 e. The van der Waals surface area contributed by atoms with Crippen LogP contribution in [0.1, 0.15) is 64.3 Å². The number of pyridine rings is 1. The van der Waals surface area contributed by atoms with Crippen LogP contribution in [0.5, 0.6) is 0 Å². The average molecular weight is 757 g/mol. The number of fused-ring (bicyclic) bond motifs is 2. The van der Waals surface area contributed by atoms with Crippen molar-refractivity contribution in [2.24, 2.45) is 11.8 Å². The first-order valence-corrected chi connectivity index (χ1v) is 17.7. The predicted octanol–water partition coefficient (Wildman–Crippen LogP) is 6.44. The van der Waals surface area contributed by atoms with Gasteiger partial charge in [-0.05, 0) is 120 Å². The highest BCUT2D eigenvalue weighted by atomic mass is 79.9. The number of nitrogens with one attached hydrogen (secondary N) is 1. The predicted molar refractivity (Wildman–Crippen MR) is 183 cm³/mol. The first-order chi connectivity index (χ1) is 21.8. The molecule has 2 saturated heterocycles. The average Bonchev–Trinajstić information content (AvgIpc) is 3.21. The van der Waals surface area contributed by atoms with E-state index in [9.17, 15) is 14.4 Å². The van der Waals surface area contributed by atoms with Crippen LogP contribution in [0.2, 0.25) is 5.02 Å². The number of aromatic nitrogens is 1. The Balaban J connectivity index is 1.02. The van der Waals surface area contributed by atoms with Gasteiger partial charge in [-0.3, -0.25) is 24.3 Å². The van der Waals surface area contributed by atoms with Crippen LogP contribution < -0.4 is 5.32 Å². The van der Waals surface area contributed by atoms with Crippen molar-refractivity contribution in [2.45, 2.75) is 44.4 Å². The number of amides is 2. The number of carbonyl (C=O) groups is 3.